The van der Waals surface area contributed by atoms with Crippen molar-refractivity contribution in [2.45, 2.75) is 40.7 Å². The highest BCUT2D eigenvalue weighted by Gasteiger charge is 2.16. The molecule has 0 aliphatic carbocycles. The van der Waals surface area contributed by atoms with Gasteiger partial charge >= 0.3 is 0 Å². The molecular formula is C18H23NO. The summed E-state index contributed by atoms with van der Waals surface area (Å²) in [7, 11) is 0. The number of pyridine rings is 1. The van der Waals surface area contributed by atoms with Crippen molar-refractivity contribution in [3.8, 4) is 5.88 Å². The van der Waals surface area contributed by atoms with Crippen LogP contribution in [0.1, 0.15) is 37.6 Å². The van der Waals surface area contributed by atoms with Gasteiger partial charge in [0.15, 0.2) is 0 Å². The van der Waals surface area contributed by atoms with Crippen molar-refractivity contribution >= 4 is 0 Å². The SMILES string of the molecule is Cc1ccc(CC(C)(C)C)c(OCc2ccccc2)n1. The van der Waals surface area contributed by atoms with E-state index in [1.165, 1.54) is 5.56 Å². The number of rotatable bonds is 4. The normalized spacial score (nSPS) is 11.4. The summed E-state index contributed by atoms with van der Waals surface area (Å²) in [6.07, 6.45) is 0.963. The van der Waals surface area contributed by atoms with Gasteiger partial charge in [0.1, 0.15) is 6.61 Å². The van der Waals surface area contributed by atoms with Crippen molar-refractivity contribution in [1.82, 2.24) is 4.98 Å². The molecule has 20 heavy (non-hydrogen) atoms. The molecule has 0 spiro atoms. The molecule has 0 fully saturated rings. The molecule has 2 heteroatoms. The Hall–Kier alpha value is -1.83. The fourth-order valence-electron chi connectivity index (χ4n) is 2.12. The number of benzene rings is 1. The third-order valence-corrected chi connectivity index (χ3v) is 3.02. The minimum atomic E-state index is 0.224. The van der Waals surface area contributed by atoms with Crippen LogP contribution in [0.2, 0.25) is 0 Å². The number of aryl methyl sites for hydroxylation is 1. The van der Waals surface area contributed by atoms with Gasteiger partial charge in [0, 0.05) is 11.3 Å². The number of ether oxygens (including phenoxy) is 1. The topological polar surface area (TPSA) is 22.1 Å². The van der Waals surface area contributed by atoms with Gasteiger partial charge in [0.2, 0.25) is 5.88 Å². The van der Waals surface area contributed by atoms with Gasteiger partial charge in [-0.2, -0.15) is 0 Å². The molecule has 1 heterocycles. The first-order valence-corrected chi connectivity index (χ1v) is 7.07. The highest BCUT2D eigenvalue weighted by Crippen LogP contribution is 2.26. The van der Waals surface area contributed by atoms with Gasteiger partial charge in [-0.15, -0.1) is 0 Å². The van der Waals surface area contributed by atoms with E-state index < -0.39 is 0 Å². The van der Waals surface area contributed by atoms with Crippen LogP contribution in [-0.4, -0.2) is 4.98 Å². The Morgan fingerprint density at radius 3 is 2.35 bits per heavy atom. The predicted octanol–water partition coefficient (Wildman–Crippen LogP) is 4.56. The van der Waals surface area contributed by atoms with Gasteiger partial charge in [0.05, 0.1) is 0 Å². The standard InChI is InChI=1S/C18H23NO/c1-14-10-11-16(12-18(2,3)4)17(19-14)20-13-15-8-6-5-7-9-15/h5-11H,12-13H2,1-4H3. The minimum absolute atomic E-state index is 0.224. The zero-order valence-corrected chi connectivity index (χ0v) is 12.8. The van der Waals surface area contributed by atoms with E-state index in [4.69, 9.17) is 4.74 Å². The van der Waals surface area contributed by atoms with Crippen LogP contribution < -0.4 is 4.74 Å². The van der Waals surface area contributed by atoms with Gasteiger partial charge < -0.3 is 4.74 Å². The Bertz CT molecular complexity index is 555. The second-order valence-corrected chi connectivity index (χ2v) is 6.43. The third-order valence-electron chi connectivity index (χ3n) is 3.02. The van der Waals surface area contributed by atoms with Gasteiger partial charge in [-0.1, -0.05) is 57.2 Å². The Morgan fingerprint density at radius 2 is 1.70 bits per heavy atom. The number of aromatic nitrogens is 1. The molecule has 0 saturated carbocycles. The van der Waals surface area contributed by atoms with E-state index in [0.717, 1.165) is 23.6 Å². The molecule has 0 radical (unpaired) electrons. The summed E-state index contributed by atoms with van der Waals surface area (Å²) in [5.41, 5.74) is 3.56. The minimum Gasteiger partial charge on any atom is -0.473 e. The molecule has 0 aliphatic heterocycles. The molecule has 2 aromatic rings. The highest BCUT2D eigenvalue weighted by atomic mass is 16.5. The summed E-state index contributed by atoms with van der Waals surface area (Å²) in [6.45, 7) is 9.25. The summed E-state index contributed by atoms with van der Waals surface area (Å²) < 4.78 is 5.94. The van der Waals surface area contributed by atoms with Crippen molar-refractivity contribution in [2.75, 3.05) is 0 Å². The Morgan fingerprint density at radius 1 is 1.00 bits per heavy atom. The van der Waals surface area contributed by atoms with E-state index in [1.807, 2.05) is 25.1 Å². The van der Waals surface area contributed by atoms with E-state index in [2.05, 4.69) is 50.0 Å². The number of nitrogens with zero attached hydrogens (tertiary/aromatic N) is 1. The van der Waals surface area contributed by atoms with Crippen LogP contribution in [0.5, 0.6) is 5.88 Å². The Labute approximate surface area is 121 Å². The summed E-state index contributed by atoms with van der Waals surface area (Å²) in [5.74, 6) is 0.767. The monoisotopic (exact) mass is 269 g/mol. The maximum atomic E-state index is 5.94. The molecule has 0 atom stereocenters. The molecule has 1 aromatic heterocycles. The highest BCUT2D eigenvalue weighted by molar-refractivity contribution is 5.29. The molecular weight excluding hydrogens is 246 g/mol. The quantitative estimate of drug-likeness (QED) is 0.812. The lowest BCUT2D eigenvalue weighted by atomic mass is 9.88. The van der Waals surface area contributed by atoms with Crippen LogP contribution in [0.15, 0.2) is 42.5 Å². The first-order valence-electron chi connectivity index (χ1n) is 7.07. The maximum Gasteiger partial charge on any atom is 0.217 e. The van der Waals surface area contributed by atoms with Crippen LogP contribution in [0, 0.1) is 12.3 Å². The van der Waals surface area contributed by atoms with Crippen molar-refractivity contribution in [2.24, 2.45) is 5.41 Å². The van der Waals surface area contributed by atoms with Crippen LogP contribution in [0.4, 0.5) is 0 Å². The first-order chi connectivity index (χ1) is 9.44. The average molecular weight is 269 g/mol. The van der Waals surface area contributed by atoms with E-state index >= 15 is 0 Å². The Kier molecular flexibility index (Phi) is 4.43. The number of hydrogen-bond donors (Lipinski definition) is 0. The smallest absolute Gasteiger partial charge is 0.217 e. The lowest BCUT2D eigenvalue weighted by molar-refractivity contribution is 0.284. The van der Waals surface area contributed by atoms with Crippen molar-refractivity contribution in [3.63, 3.8) is 0 Å². The molecule has 0 aliphatic rings. The molecule has 2 rings (SSSR count). The van der Waals surface area contributed by atoms with Crippen molar-refractivity contribution < 1.29 is 4.74 Å². The summed E-state index contributed by atoms with van der Waals surface area (Å²) in [6, 6.07) is 14.4. The fraction of sp³-hybridized carbons (Fsp3) is 0.389. The number of hydrogen-bond acceptors (Lipinski definition) is 2. The Balaban J connectivity index is 2.15. The molecule has 1 aromatic carbocycles. The summed E-state index contributed by atoms with van der Waals surface area (Å²) in [5, 5.41) is 0. The molecule has 0 amide bonds. The second-order valence-electron chi connectivity index (χ2n) is 6.43. The van der Waals surface area contributed by atoms with Crippen LogP contribution in [-0.2, 0) is 13.0 Å². The molecule has 2 nitrogen and oxygen atoms in total. The van der Waals surface area contributed by atoms with Crippen LogP contribution >= 0.6 is 0 Å². The summed E-state index contributed by atoms with van der Waals surface area (Å²) >= 11 is 0. The van der Waals surface area contributed by atoms with E-state index in [0.29, 0.717) is 6.61 Å². The lowest BCUT2D eigenvalue weighted by Crippen LogP contribution is -2.11. The zero-order chi connectivity index (χ0) is 14.6. The third kappa shape index (κ3) is 4.37. The molecule has 106 valence electrons. The fourth-order valence-corrected chi connectivity index (χ4v) is 2.12. The second kappa shape index (κ2) is 6.08. The molecule has 0 unspecified atom stereocenters. The van der Waals surface area contributed by atoms with Crippen LogP contribution in [0.3, 0.4) is 0 Å². The predicted molar refractivity (Wildman–Crippen MR) is 82.9 cm³/mol. The molecule has 0 saturated heterocycles. The zero-order valence-electron chi connectivity index (χ0n) is 12.8. The van der Waals surface area contributed by atoms with Crippen LogP contribution in [0.25, 0.3) is 0 Å². The molecule has 0 bridgehead atoms. The van der Waals surface area contributed by atoms with Gasteiger partial charge in [-0.3, -0.25) is 0 Å². The average Bonchev–Trinajstić information content (AvgIpc) is 2.39. The lowest BCUT2D eigenvalue weighted by Gasteiger charge is -2.20. The van der Waals surface area contributed by atoms with Gasteiger partial charge in [-0.05, 0) is 30.4 Å². The summed E-state index contributed by atoms with van der Waals surface area (Å²) in [4.78, 5) is 4.55. The van der Waals surface area contributed by atoms with Gasteiger partial charge in [0.25, 0.3) is 0 Å². The first kappa shape index (κ1) is 14.6. The van der Waals surface area contributed by atoms with E-state index in [-0.39, 0.29) is 5.41 Å². The van der Waals surface area contributed by atoms with E-state index in [9.17, 15) is 0 Å². The molecule has 0 N–H and O–H groups in total. The van der Waals surface area contributed by atoms with Gasteiger partial charge in [-0.25, -0.2) is 4.98 Å². The van der Waals surface area contributed by atoms with Crippen molar-refractivity contribution in [3.05, 3.63) is 59.3 Å². The van der Waals surface area contributed by atoms with E-state index in [1.54, 1.807) is 0 Å². The maximum absolute atomic E-state index is 5.94. The largest absolute Gasteiger partial charge is 0.473 e. The van der Waals surface area contributed by atoms with Crippen molar-refractivity contribution in [1.29, 1.82) is 0 Å².